The van der Waals surface area contributed by atoms with Crippen molar-refractivity contribution in [2.45, 2.75) is 25.9 Å². The fraction of sp³-hybridized carbons (Fsp3) is 0.250. The number of carbonyl (C=O) groups is 1. The lowest BCUT2D eigenvalue weighted by Crippen LogP contribution is -2.18. The Morgan fingerprint density at radius 1 is 1.43 bits per heavy atom. The molecule has 0 unspecified atom stereocenters. The maximum atomic E-state index is 13.8. The zero-order valence-corrected chi connectivity index (χ0v) is 11.6. The van der Waals surface area contributed by atoms with Crippen molar-refractivity contribution in [1.82, 2.24) is 4.98 Å². The van der Waals surface area contributed by atoms with Crippen LogP contribution in [0.15, 0.2) is 36.5 Å². The highest BCUT2D eigenvalue weighted by atomic mass is 19.1. The number of nitrogens with zero attached hydrogens (tertiary/aromatic N) is 1. The van der Waals surface area contributed by atoms with Crippen molar-refractivity contribution < 1.29 is 13.9 Å². The maximum absolute atomic E-state index is 13.8. The van der Waals surface area contributed by atoms with Gasteiger partial charge in [-0.05, 0) is 36.6 Å². The molecule has 1 aromatic heterocycles. The van der Waals surface area contributed by atoms with Crippen molar-refractivity contribution in [3.63, 3.8) is 0 Å². The van der Waals surface area contributed by atoms with E-state index in [9.17, 15) is 9.18 Å². The second kappa shape index (κ2) is 5.52. The number of halogens is 1. The van der Waals surface area contributed by atoms with Gasteiger partial charge < -0.3 is 10.1 Å². The maximum Gasteiger partial charge on any atom is 0.221 e. The lowest BCUT2D eigenvalue weighted by molar-refractivity contribution is -0.114. The number of anilines is 1. The number of hydrogen-bond donors (Lipinski definition) is 1. The van der Waals surface area contributed by atoms with Crippen LogP contribution in [0.1, 0.15) is 30.7 Å². The van der Waals surface area contributed by atoms with Crippen LogP contribution in [0.25, 0.3) is 0 Å². The lowest BCUT2D eigenvalue weighted by atomic mass is 9.99. The highest BCUT2D eigenvalue weighted by Crippen LogP contribution is 2.36. The molecule has 1 atom stereocenters. The predicted octanol–water partition coefficient (Wildman–Crippen LogP) is 3.25. The summed E-state index contributed by atoms with van der Waals surface area (Å²) in [5.74, 6) is 0.171. The SMILES string of the molecule is CC(=O)Nc1ccc2c(c1)O[C@H](c1ncccc1F)CC2. The van der Waals surface area contributed by atoms with Crippen molar-refractivity contribution in [2.75, 3.05) is 5.32 Å². The summed E-state index contributed by atoms with van der Waals surface area (Å²) in [7, 11) is 0. The number of aryl methyl sites for hydroxylation is 1. The van der Waals surface area contributed by atoms with Crippen LogP contribution in [-0.4, -0.2) is 10.9 Å². The average molecular weight is 286 g/mol. The lowest BCUT2D eigenvalue weighted by Gasteiger charge is -2.26. The molecule has 21 heavy (non-hydrogen) atoms. The first-order valence-electron chi connectivity index (χ1n) is 6.81. The Balaban J connectivity index is 1.87. The number of ether oxygens (including phenoxy) is 1. The Hall–Kier alpha value is -2.43. The number of benzene rings is 1. The average Bonchev–Trinajstić information content (AvgIpc) is 2.46. The minimum absolute atomic E-state index is 0.141. The number of amides is 1. The van der Waals surface area contributed by atoms with E-state index >= 15 is 0 Å². The fourth-order valence-electron chi connectivity index (χ4n) is 2.48. The third-order valence-electron chi connectivity index (χ3n) is 3.42. The summed E-state index contributed by atoms with van der Waals surface area (Å²) in [6.07, 6.45) is 2.63. The number of carbonyl (C=O) groups excluding carboxylic acids is 1. The van der Waals surface area contributed by atoms with E-state index in [1.165, 1.54) is 13.0 Å². The van der Waals surface area contributed by atoms with Crippen molar-refractivity contribution in [1.29, 1.82) is 0 Å². The minimum atomic E-state index is -0.397. The summed E-state index contributed by atoms with van der Waals surface area (Å²) in [6.45, 7) is 1.45. The molecule has 1 aromatic carbocycles. The van der Waals surface area contributed by atoms with E-state index < -0.39 is 6.10 Å². The van der Waals surface area contributed by atoms with Gasteiger partial charge in [-0.25, -0.2) is 4.39 Å². The zero-order chi connectivity index (χ0) is 14.8. The predicted molar refractivity (Wildman–Crippen MR) is 76.6 cm³/mol. The molecule has 0 saturated carbocycles. The fourth-order valence-corrected chi connectivity index (χ4v) is 2.48. The third-order valence-corrected chi connectivity index (χ3v) is 3.42. The molecule has 1 aliphatic heterocycles. The molecule has 3 rings (SSSR count). The van der Waals surface area contributed by atoms with Gasteiger partial charge in [-0.1, -0.05) is 6.07 Å². The van der Waals surface area contributed by atoms with Gasteiger partial charge in [0.15, 0.2) is 0 Å². The van der Waals surface area contributed by atoms with Gasteiger partial charge in [-0.3, -0.25) is 9.78 Å². The Labute approximate surface area is 122 Å². The second-order valence-corrected chi connectivity index (χ2v) is 5.02. The molecule has 4 nitrogen and oxygen atoms in total. The Kier molecular flexibility index (Phi) is 3.56. The Morgan fingerprint density at radius 2 is 2.29 bits per heavy atom. The van der Waals surface area contributed by atoms with E-state index in [1.54, 1.807) is 18.3 Å². The topological polar surface area (TPSA) is 51.2 Å². The first-order valence-corrected chi connectivity index (χ1v) is 6.81. The summed E-state index contributed by atoms with van der Waals surface area (Å²) in [5, 5.41) is 2.71. The molecule has 0 bridgehead atoms. The zero-order valence-electron chi connectivity index (χ0n) is 11.6. The highest BCUT2D eigenvalue weighted by Gasteiger charge is 2.25. The van der Waals surface area contributed by atoms with E-state index in [2.05, 4.69) is 10.3 Å². The van der Waals surface area contributed by atoms with Gasteiger partial charge in [0.25, 0.3) is 0 Å². The molecule has 108 valence electrons. The van der Waals surface area contributed by atoms with Gasteiger partial charge >= 0.3 is 0 Å². The van der Waals surface area contributed by atoms with Gasteiger partial charge in [0.05, 0.1) is 0 Å². The molecule has 2 aromatic rings. The molecule has 1 N–H and O–H groups in total. The van der Waals surface area contributed by atoms with E-state index in [0.29, 0.717) is 23.6 Å². The van der Waals surface area contributed by atoms with Gasteiger partial charge in [0, 0.05) is 24.9 Å². The standard InChI is InChI=1S/C16H15FN2O2/c1-10(20)19-12-6-4-11-5-7-14(21-15(11)9-12)16-13(17)3-2-8-18-16/h2-4,6,8-9,14H,5,7H2,1H3,(H,19,20)/t14-/m0/s1. The van der Waals surface area contributed by atoms with Crippen molar-refractivity contribution >= 4 is 11.6 Å². The molecule has 1 amide bonds. The molecule has 1 aliphatic rings. The second-order valence-electron chi connectivity index (χ2n) is 5.02. The van der Waals surface area contributed by atoms with Crippen LogP contribution in [0, 0.1) is 5.82 Å². The number of aromatic nitrogens is 1. The third kappa shape index (κ3) is 2.86. The number of pyridine rings is 1. The number of fused-ring (bicyclic) bond motifs is 1. The van der Waals surface area contributed by atoms with Gasteiger partial charge in [-0.15, -0.1) is 0 Å². The van der Waals surface area contributed by atoms with Crippen LogP contribution in [0.3, 0.4) is 0 Å². The number of hydrogen-bond acceptors (Lipinski definition) is 3. The summed E-state index contributed by atoms with van der Waals surface area (Å²) in [4.78, 5) is 15.2. The van der Waals surface area contributed by atoms with Crippen LogP contribution < -0.4 is 10.1 Å². The van der Waals surface area contributed by atoms with Crippen LogP contribution in [0.2, 0.25) is 0 Å². The summed E-state index contributed by atoms with van der Waals surface area (Å²) >= 11 is 0. The van der Waals surface area contributed by atoms with E-state index in [-0.39, 0.29) is 11.7 Å². The van der Waals surface area contributed by atoms with Gasteiger partial charge in [-0.2, -0.15) is 0 Å². The molecular weight excluding hydrogens is 271 g/mol. The number of nitrogens with one attached hydrogen (secondary N) is 1. The normalized spacial score (nSPS) is 16.8. The number of rotatable bonds is 2. The largest absolute Gasteiger partial charge is 0.484 e. The Bertz CT molecular complexity index is 688. The quantitative estimate of drug-likeness (QED) is 0.922. The molecular formula is C16H15FN2O2. The van der Waals surface area contributed by atoms with Crippen molar-refractivity contribution in [3.05, 3.63) is 53.6 Å². The van der Waals surface area contributed by atoms with Crippen LogP contribution in [0.4, 0.5) is 10.1 Å². The summed E-state index contributed by atoms with van der Waals surface area (Å²) in [6, 6.07) is 8.47. The molecule has 0 saturated heterocycles. The van der Waals surface area contributed by atoms with Crippen molar-refractivity contribution in [3.8, 4) is 5.75 Å². The van der Waals surface area contributed by atoms with E-state index in [0.717, 1.165) is 12.0 Å². The van der Waals surface area contributed by atoms with Gasteiger partial charge in [0.2, 0.25) is 5.91 Å². The molecule has 2 heterocycles. The van der Waals surface area contributed by atoms with Crippen LogP contribution in [0.5, 0.6) is 5.75 Å². The highest BCUT2D eigenvalue weighted by molar-refractivity contribution is 5.88. The summed E-state index contributed by atoms with van der Waals surface area (Å²) < 4.78 is 19.7. The monoisotopic (exact) mass is 286 g/mol. The molecule has 0 aliphatic carbocycles. The first kappa shape index (κ1) is 13.5. The summed E-state index contributed by atoms with van der Waals surface area (Å²) in [5.41, 5.74) is 2.05. The first-order chi connectivity index (χ1) is 10.1. The van der Waals surface area contributed by atoms with Gasteiger partial charge in [0.1, 0.15) is 23.4 Å². The smallest absolute Gasteiger partial charge is 0.221 e. The van der Waals surface area contributed by atoms with Crippen LogP contribution >= 0.6 is 0 Å². The minimum Gasteiger partial charge on any atom is -0.484 e. The molecule has 5 heteroatoms. The Morgan fingerprint density at radius 3 is 3.05 bits per heavy atom. The van der Waals surface area contributed by atoms with Crippen LogP contribution in [-0.2, 0) is 11.2 Å². The van der Waals surface area contributed by atoms with E-state index in [1.807, 2.05) is 12.1 Å². The molecule has 0 spiro atoms. The van der Waals surface area contributed by atoms with Crippen molar-refractivity contribution in [2.24, 2.45) is 0 Å². The molecule has 0 radical (unpaired) electrons. The van der Waals surface area contributed by atoms with E-state index in [4.69, 9.17) is 4.74 Å². The molecule has 0 fully saturated rings.